The van der Waals surface area contributed by atoms with Gasteiger partial charge in [0.05, 0.1) is 0 Å². The Labute approximate surface area is 193 Å². The lowest BCUT2D eigenvalue weighted by atomic mass is 9.98. The number of hydrogen-bond donors (Lipinski definition) is 3. The third-order valence-corrected chi connectivity index (χ3v) is 5.70. The Bertz CT molecular complexity index is 1010. The van der Waals surface area contributed by atoms with Crippen LogP contribution in [0, 0.1) is 12.3 Å². The zero-order valence-electron chi connectivity index (χ0n) is 18.5. The third-order valence-electron chi connectivity index (χ3n) is 5.70. The number of carboxylic acids is 1. The molecule has 1 aliphatic carbocycles. The number of nitrogens with one attached hydrogen (secondary N) is 2. The number of rotatable bonds is 10. The quantitative estimate of drug-likeness (QED) is 0.481. The molecule has 33 heavy (non-hydrogen) atoms. The molecule has 3 N–H and O–H groups in total. The molecular weight excluding hydrogens is 420 g/mol. The maximum absolute atomic E-state index is 12.3. The first kappa shape index (κ1) is 23.9. The van der Waals surface area contributed by atoms with Gasteiger partial charge in [0.25, 0.3) is 0 Å². The lowest BCUT2D eigenvalue weighted by Gasteiger charge is -2.17. The second-order valence-electron chi connectivity index (χ2n) is 8.13. The van der Waals surface area contributed by atoms with E-state index in [2.05, 4.69) is 40.8 Å². The predicted molar refractivity (Wildman–Crippen MR) is 125 cm³/mol. The van der Waals surface area contributed by atoms with Gasteiger partial charge in [0, 0.05) is 24.8 Å². The van der Waals surface area contributed by atoms with Gasteiger partial charge in [-0.2, -0.15) is 0 Å². The molecule has 2 unspecified atom stereocenters. The minimum atomic E-state index is -1.16. The molecule has 2 amide bonds. The van der Waals surface area contributed by atoms with Gasteiger partial charge in [-0.05, 0) is 42.0 Å². The van der Waals surface area contributed by atoms with Gasteiger partial charge in [-0.25, -0.2) is 9.59 Å². The van der Waals surface area contributed by atoms with E-state index in [4.69, 9.17) is 16.3 Å². The van der Waals surface area contributed by atoms with Crippen LogP contribution in [0.5, 0.6) is 0 Å². The van der Waals surface area contributed by atoms with Crippen molar-refractivity contribution in [2.24, 2.45) is 0 Å². The first-order valence-corrected chi connectivity index (χ1v) is 11.0. The molecule has 7 heteroatoms. The Morgan fingerprint density at radius 3 is 2.24 bits per heavy atom. The SMILES string of the molecule is C#CCC(NC(=O)CCCC(C)NC(=O)OCC1c2ccccc2-c2ccccc21)C(=O)O. The highest BCUT2D eigenvalue weighted by molar-refractivity contribution is 5.83. The smallest absolute Gasteiger partial charge is 0.407 e. The average Bonchev–Trinajstić information content (AvgIpc) is 3.11. The number of benzene rings is 2. The van der Waals surface area contributed by atoms with Gasteiger partial charge in [-0.3, -0.25) is 4.79 Å². The van der Waals surface area contributed by atoms with Crippen LogP contribution in [0.1, 0.15) is 49.7 Å². The number of hydrogen-bond acceptors (Lipinski definition) is 4. The summed E-state index contributed by atoms with van der Waals surface area (Å²) in [7, 11) is 0. The number of carboxylic acid groups (broad SMARTS) is 1. The number of carbonyl (C=O) groups is 3. The van der Waals surface area contributed by atoms with Crippen LogP contribution in [0.4, 0.5) is 4.79 Å². The van der Waals surface area contributed by atoms with Crippen molar-refractivity contribution in [3.63, 3.8) is 0 Å². The van der Waals surface area contributed by atoms with Crippen LogP contribution in [-0.4, -0.2) is 41.8 Å². The van der Waals surface area contributed by atoms with E-state index in [1.54, 1.807) is 0 Å². The van der Waals surface area contributed by atoms with E-state index >= 15 is 0 Å². The minimum absolute atomic E-state index is 0.00709. The van der Waals surface area contributed by atoms with Gasteiger partial charge >= 0.3 is 12.1 Å². The van der Waals surface area contributed by atoms with E-state index in [0.29, 0.717) is 12.8 Å². The molecule has 0 saturated carbocycles. The maximum Gasteiger partial charge on any atom is 0.407 e. The van der Waals surface area contributed by atoms with Crippen LogP contribution >= 0.6 is 0 Å². The van der Waals surface area contributed by atoms with Crippen LogP contribution in [0.15, 0.2) is 48.5 Å². The van der Waals surface area contributed by atoms with Crippen molar-refractivity contribution >= 4 is 18.0 Å². The highest BCUT2D eigenvalue weighted by atomic mass is 16.5. The number of aliphatic carboxylic acids is 1. The fourth-order valence-electron chi connectivity index (χ4n) is 4.07. The van der Waals surface area contributed by atoms with Gasteiger partial charge in [-0.15, -0.1) is 12.3 Å². The van der Waals surface area contributed by atoms with Crippen LogP contribution in [0.25, 0.3) is 11.1 Å². The van der Waals surface area contributed by atoms with Crippen LogP contribution in [-0.2, 0) is 14.3 Å². The van der Waals surface area contributed by atoms with E-state index in [1.807, 2.05) is 31.2 Å². The minimum Gasteiger partial charge on any atom is -0.480 e. The Balaban J connectivity index is 1.43. The molecule has 0 saturated heterocycles. The molecule has 0 heterocycles. The monoisotopic (exact) mass is 448 g/mol. The fraction of sp³-hybridized carbons (Fsp3) is 0.346. The molecular formula is C26H28N2O5. The maximum atomic E-state index is 12.3. The normalized spacial score (nSPS) is 13.7. The molecule has 0 aliphatic heterocycles. The third kappa shape index (κ3) is 6.13. The highest BCUT2D eigenvalue weighted by Gasteiger charge is 2.29. The van der Waals surface area contributed by atoms with Crippen LogP contribution in [0.2, 0.25) is 0 Å². The summed E-state index contributed by atoms with van der Waals surface area (Å²) in [4.78, 5) is 35.3. The second-order valence-corrected chi connectivity index (χ2v) is 8.13. The molecule has 1 aliphatic rings. The van der Waals surface area contributed by atoms with Gasteiger partial charge in [-0.1, -0.05) is 48.5 Å². The number of carbonyl (C=O) groups excluding carboxylic acids is 2. The molecule has 0 fully saturated rings. The summed E-state index contributed by atoms with van der Waals surface area (Å²) in [5, 5.41) is 14.2. The summed E-state index contributed by atoms with van der Waals surface area (Å²) in [5.41, 5.74) is 4.63. The number of terminal acetylenes is 1. The van der Waals surface area contributed by atoms with Gasteiger partial charge in [0.15, 0.2) is 0 Å². The topological polar surface area (TPSA) is 105 Å². The first-order valence-electron chi connectivity index (χ1n) is 11.0. The molecule has 2 aromatic carbocycles. The Morgan fingerprint density at radius 2 is 1.67 bits per heavy atom. The highest BCUT2D eigenvalue weighted by Crippen LogP contribution is 2.44. The van der Waals surface area contributed by atoms with Crippen LogP contribution < -0.4 is 10.6 Å². The van der Waals surface area contributed by atoms with Gasteiger partial charge < -0.3 is 20.5 Å². The molecule has 7 nitrogen and oxygen atoms in total. The van der Waals surface area contributed by atoms with Crippen molar-refractivity contribution in [1.29, 1.82) is 0 Å². The summed E-state index contributed by atoms with van der Waals surface area (Å²) < 4.78 is 5.53. The average molecular weight is 449 g/mol. The van der Waals surface area contributed by atoms with Gasteiger partial charge in [0.1, 0.15) is 12.6 Å². The molecule has 2 atom stereocenters. The molecule has 0 bridgehead atoms. The predicted octanol–water partition coefficient (Wildman–Crippen LogP) is 3.68. The van der Waals surface area contributed by atoms with Crippen molar-refractivity contribution in [2.75, 3.05) is 6.61 Å². The van der Waals surface area contributed by atoms with E-state index in [0.717, 1.165) is 11.1 Å². The number of fused-ring (bicyclic) bond motifs is 3. The summed E-state index contributed by atoms with van der Waals surface area (Å²) in [6.45, 7) is 2.07. The van der Waals surface area contributed by atoms with Crippen LogP contribution in [0.3, 0.4) is 0 Å². The van der Waals surface area contributed by atoms with Crippen molar-refractivity contribution in [1.82, 2.24) is 10.6 Å². The first-order chi connectivity index (χ1) is 15.9. The van der Waals surface area contributed by atoms with Crippen molar-refractivity contribution < 1.29 is 24.2 Å². The zero-order valence-corrected chi connectivity index (χ0v) is 18.5. The van der Waals surface area contributed by atoms with E-state index in [-0.39, 0.29) is 37.3 Å². The molecule has 0 aromatic heterocycles. The molecule has 3 rings (SSSR count). The number of amides is 2. The van der Waals surface area contributed by atoms with Crippen molar-refractivity contribution in [3.05, 3.63) is 59.7 Å². The van der Waals surface area contributed by atoms with E-state index in [9.17, 15) is 14.4 Å². The number of ether oxygens (including phenoxy) is 1. The second kappa shape index (κ2) is 11.2. The lowest BCUT2D eigenvalue weighted by Crippen LogP contribution is -2.40. The largest absolute Gasteiger partial charge is 0.480 e. The molecule has 0 spiro atoms. The molecule has 0 radical (unpaired) electrons. The molecule has 172 valence electrons. The van der Waals surface area contributed by atoms with Gasteiger partial charge in [0.2, 0.25) is 5.91 Å². The number of alkyl carbamates (subject to hydrolysis) is 1. The van der Waals surface area contributed by atoms with E-state index < -0.39 is 18.1 Å². The summed E-state index contributed by atoms with van der Waals surface area (Å²) >= 11 is 0. The van der Waals surface area contributed by atoms with Crippen molar-refractivity contribution in [3.8, 4) is 23.5 Å². The Hall–Kier alpha value is -3.79. The van der Waals surface area contributed by atoms with E-state index in [1.165, 1.54) is 11.1 Å². The van der Waals surface area contributed by atoms with Crippen molar-refractivity contribution in [2.45, 2.75) is 50.6 Å². The summed E-state index contributed by atoms with van der Waals surface area (Å²) in [5.74, 6) is 0.686. The standard InChI is InChI=1S/C26H28N2O5/c1-3-9-23(25(30)31)28-24(29)15-8-10-17(2)27-26(32)33-16-22-20-13-6-4-11-18(20)19-12-5-7-14-21(19)22/h1,4-7,11-14,17,22-23H,8-10,15-16H2,2H3,(H,27,32)(H,28,29)(H,30,31). The fourth-order valence-corrected chi connectivity index (χ4v) is 4.07. The summed E-state index contributed by atoms with van der Waals surface area (Å²) in [6, 6.07) is 15.0. The zero-order chi connectivity index (χ0) is 23.8. The summed E-state index contributed by atoms with van der Waals surface area (Å²) in [6.07, 6.45) is 5.72. The molecule has 2 aromatic rings. The Kier molecular flexibility index (Phi) is 8.09. The Morgan fingerprint density at radius 1 is 1.06 bits per heavy atom. The lowest BCUT2D eigenvalue weighted by molar-refractivity contribution is -0.141.